The van der Waals surface area contributed by atoms with E-state index in [-0.39, 0.29) is 5.75 Å². The molecule has 0 aliphatic rings. The van der Waals surface area contributed by atoms with Gasteiger partial charge >= 0.3 is 0 Å². The molecule has 0 spiro atoms. The number of halogens is 2. The molecule has 5 rings (SSSR count). The van der Waals surface area contributed by atoms with E-state index in [0.29, 0.717) is 10.0 Å². The Labute approximate surface area is 172 Å². The van der Waals surface area contributed by atoms with Crippen LogP contribution >= 0.6 is 31.9 Å². The van der Waals surface area contributed by atoms with Gasteiger partial charge in [-0.3, -0.25) is 4.99 Å². The van der Waals surface area contributed by atoms with Crippen LogP contribution in [0.15, 0.2) is 80.7 Å². The Balaban J connectivity index is 1.75. The Morgan fingerprint density at radius 3 is 2.22 bits per heavy atom. The molecule has 0 saturated carbocycles. The second kappa shape index (κ2) is 6.32. The molecule has 0 aliphatic carbocycles. The minimum atomic E-state index is 0.180. The van der Waals surface area contributed by atoms with Crippen LogP contribution in [0.4, 0.5) is 5.69 Å². The SMILES string of the molecule is Oc1c(Br)cc(Br)cc1C=Nc1ccc2ccc3cccc4ccc1c2c34. The molecule has 130 valence electrons. The van der Waals surface area contributed by atoms with E-state index in [2.05, 4.69) is 80.4 Å². The van der Waals surface area contributed by atoms with Crippen molar-refractivity contribution in [3.8, 4) is 5.75 Å². The summed E-state index contributed by atoms with van der Waals surface area (Å²) in [5.41, 5.74) is 1.54. The fourth-order valence-corrected chi connectivity index (χ4v) is 4.91. The maximum atomic E-state index is 10.3. The van der Waals surface area contributed by atoms with E-state index in [1.807, 2.05) is 18.2 Å². The summed E-state index contributed by atoms with van der Waals surface area (Å²) in [6.07, 6.45) is 1.71. The lowest BCUT2D eigenvalue weighted by Crippen LogP contribution is -1.86. The molecule has 0 radical (unpaired) electrons. The summed E-state index contributed by atoms with van der Waals surface area (Å²) in [4.78, 5) is 4.70. The van der Waals surface area contributed by atoms with Gasteiger partial charge in [0, 0.05) is 21.6 Å². The average molecular weight is 479 g/mol. The lowest BCUT2D eigenvalue weighted by Gasteiger charge is -2.12. The summed E-state index contributed by atoms with van der Waals surface area (Å²) in [6, 6.07) is 22.8. The summed E-state index contributed by atoms with van der Waals surface area (Å²) < 4.78 is 1.51. The van der Waals surface area contributed by atoms with E-state index in [4.69, 9.17) is 4.99 Å². The number of aliphatic imine (C=N–C) groups is 1. The molecule has 0 amide bonds. The first-order valence-corrected chi connectivity index (χ1v) is 10.1. The monoisotopic (exact) mass is 477 g/mol. The molecule has 0 heterocycles. The van der Waals surface area contributed by atoms with Gasteiger partial charge in [-0.15, -0.1) is 0 Å². The predicted molar refractivity (Wildman–Crippen MR) is 121 cm³/mol. The summed E-state index contributed by atoms with van der Waals surface area (Å²) >= 11 is 6.82. The molecule has 0 aliphatic heterocycles. The van der Waals surface area contributed by atoms with Crippen LogP contribution in [0.25, 0.3) is 32.3 Å². The number of rotatable bonds is 2. The Bertz CT molecular complexity index is 1340. The fraction of sp³-hybridized carbons (Fsp3) is 0. The highest BCUT2D eigenvalue weighted by Crippen LogP contribution is 2.39. The zero-order valence-corrected chi connectivity index (χ0v) is 17.3. The number of nitrogens with zero attached hydrogens (tertiary/aromatic N) is 1. The normalized spacial score (nSPS) is 12.1. The average Bonchev–Trinajstić information content (AvgIpc) is 2.68. The lowest BCUT2D eigenvalue weighted by molar-refractivity contribution is 0.471. The molecular formula is C23H13Br2NO. The summed E-state index contributed by atoms with van der Waals surface area (Å²) in [5, 5.41) is 17.6. The smallest absolute Gasteiger partial charge is 0.138 e. The highest BCUT2D eigenvalue weighted by atomic mass is 79.9. The van der Waals surface area contributed by atoms with Crippen LogP contribution in [0, 0.1) is 0 Å². The Morgan fingerprint density at radius 2 is 1.44 bits per heavy atom. The van der Waals surface area contributed by atoms with E-state index in [9.17, 15) is 5.11 Å². The van der Waals surface area contributed by atoms with Crippen LogP contribution in [-0.2, 0) is 0 Å². The van der Waals surface area contributed by atoms with Gasteiger partial charge in [-0.25, -0.2) is 0 Å². The van der Waals surface area contributed by atoms with Crippen molar-refractivity contribution in [3.63, 3.8) is 0 Å². The predicted octanol–water partition coefficient (Wildman–Crippen LogP) is 7.57. The molecule has 0 atom stereocenters. The van der Waals surface area contributed by atoms with Gasteiger partial charge in [-0.05, 0) is 61.1 Å². The summed E-state index contributed by atoms with van der Waals surface area (Å²) in [7, 11) is 0. The third kappa shape index (κ3) is 2.71. The molecule has 0 saturated heterocycles. The van der Waals surface area contributed by atoms with Crippen LogP contribution in [0.2, 0.25) is 0 Å². The third-order valence-corrected chi connectivity index (χ3v) is 5.97. The molecule has 4 heteroatoms. The van der Waals surface area contributed by atoms with Gasteiger partial charge in [0.15, 0.2) is 0 Å². The standard InChI is InChI=1S/C23H13Br2NO/c24-17-10-16(23(27)19(25)11-17)12-26-20-9-7-15-5-4-13-2-1-3-14-6-8-18(20)22(15)21(13)14/h1-12,27H. The molecule has 0 aromatic heterocycles. The summed E-state index contributed by atoms with van der Waals surface area (Å²) in [6.45, 7) is 0. The van der Waals surface area contributed by atoms with Gasteiger partial charge in [-0.2, -0.15) is 0 Å². The second-order valence-electron chi connectivity index (χ2n) is 6.52. The quantitative estimate of drug-likeness (QED) is 0.206. The van der Waals surface area contributed by atoms with Crippen molar-refractivity contribution in [3.05, 3.63) is 81.2 Å². The summed E-state index contributed by atoms with van der Waals surface area (Å²) in [5.74, 6) is 0.180. The molecule has 2 nitrogen and oxygen atoms in total. The second-order valence-corrected chi connectivity index (χ2v) is 8.29. The first kappa shape index (κ1) is 16.7. The molecule has 5 aromatic carbocycles. The zero-order valence-electron chi connectivity index (χ0n) is 14.1. The molecule has 27 heavy (non-hydrogen) atoms. The number of aromatic hydroxyl groups is 1. The Hall–Kier alpha value is -2.43. The van der Waals surface area contributed by atoms with E-state index >= 15 is 0 Å². The highest BCUT2D eigenvalue weighted by molar-refractivity contribution is 9.11. The van der Waals surface area contributed by atoms with Crippen LogP contribution in [0.5, 0.6) is 5.75 Å². The minimum absolute atomic E-state index is 0.180. The van der Waals surface area contributed by atoms with Gasteiger partial charge in [0.05, 0.1) is 10.2 Å². The van der Waals surface area contributed by atoms with Crippen LogP contribution in [0.3, 0.4) is 0 Å². The van der Waals surface area contributed by atoms with E-state index < -0.39 is 0 Å². The van der Waals surface area contributed by atoms with Crippen molar-refractivity contribution in [2.75, 3.05) is 0 Å². The molecule has 5 aromatic rings. The number of benzene rings is 5. The van der Waals surface area contributed by atoms with Gasteiger partial charge in [0.1, 0.15) is 5.75 Å². The minimum Gasteiger partial charge on any atom is -0.506 e. The van der Waals surface area contributed by atoms with Crippen LogP contribution < -0.4 is 0 Å². The number of hydrogen-bond acceptors (Lipinski definition) is 2. The highest BCUT2D eigenvalue weighted by Gasteiger charge is 2.10. The lowest BCUT2D eigenvalue weighted by atomic mass is 9.93. The third-order valence-electron chi connectivity index (χ3n) is 4.91. The topological polar surface area (TPSA) is 32.6 Å². The fourth-order valence-electron chi connectivity index (χ4n) is 3.66. The van der Waals surface area contributed by atoms with Crippen LogP contribution in [0.1, 0.15) is 5.56 Å². The van der Waals surface area contributed by atoms with E-state index in [0.717, 1.165) is 15.5 Å². The Morgan fingerprint density at radius 1 is 0.778 bits per heavy atom. The first-order chi connectivity index (χ1) is 13.1. The maximum absolute atomic E-state index is 10.3. The van der Waals surface area contributed by atoms with Crippen molar-refractivity contribution < 1.29 is 5.11 Å². The van der Waals surface area contributed by atoms with Crippen molar-refractivity contribution in [2.45, 2.75) is 0 Å². The Kier molecular flexibility index (Phi) is 3.92. The van der Waals surface area contributed by atoms with Gasteiger partial charge in [0.25, 0.3) is 0 Å². The van der Waals surface area contributed by atoms with E-state index in [1.165, 1.54) is 26.9 Å². The number of phenolic OH excluding ortho intramolecular Hbond substituents is 1. The van der Waals surface area contributed by atoms with Gasteiger partial charge in [-0.1, -0.05) is 64.5 Å². The molecular weight excluding hydrogens is 466 g/mol. The molecule has 0 unspecified atom stereocenters. The zero-order chi connectivity index (χ0) is 18.5. The molecule has 0 bridgehead atoms. The van der Waals surface area contributed by atoms with Crippen molar-refractivity contribution >= 4 is 76.1 Å². The first-order valence-electron chi connectivity index (χ1n) is 8.50. The molecule has 1 N–H and O–H groups in total. The van der Waals surface area contributed by atoms with E-state index in [1.54, 1.807) is 6.21 Å². The number of hydrogen-bond donors (Lipinski definition) is 1. The van der Waals surface area contributed by atoms with Gasteiger partial charge in [0.2, 0.25) is 0 Å². The number of phenols is 1. The molecule has 0 fully saturated rings. The van der Waals surface area contributed by atoms with Crippen molar-refractivity contribution in [1.29, 1.82) is 0 Å². The van der Waals surface area contributed by atoms with Crippen LogP contribution in [-0.4, -0.2) is 11.3 Å². The largest absolute Gasteiger partial charge is 0.506 e. The maximum Gasteiger partial charge on any atom is 0.138 e. The van der Waals surface area contributed by atoms with Crippen molar-refractivity contribution in [1.82, 2.24) is 0 Å². The van der Waals surface area contributed by atoms with Gasteiger partial charge < -0.3 is 5.11 Å². The van der Waals surface area contributed by atoms with Crippen molar-refractivity contribution in [2.24, 2.45) is 4.99 Å².